The second-order valence-corrected chi connectivity index (χ2v) is 9.35. The highest BCUT2D eigenvalue weighted by molar-refractivity contribution is 5.88. The van der Waals surface area contributed by atoms with Crippen molar-refractivity contribution in [3.05, 3.63) is 62.9 Å². The van der Waals surface area contributed by atoms with Crippen LogP contribution in [0, 0.1) is 5.92 Å². The fraction of sp³-hybridized carbons (Fsp3) is 0.385. The van der Waals surface area contributed by atoms with Gasteiger partial charge in [0.1, 0.15) is 13.2 Å². The number of ether oxygens (including phenoxy) is 2. The third kappa shape index (κ3) is 3.40. The number of para-hydroxylation sites is 1. The molecule has 1 aromatic carbocycles. The summed E-state index contributed by atoms with van der Waals surface area (Å²) in [6.07, 6.45) is 0.434. The third-order valence-corrected chi connectivity index (χ3v) is 6.59. The molecule has 2 aliphatic heterocycles. The van der Waals surface area contributed by atoms with Gasteiger partial charge in [-0.1, -0.05) is 39.0 Å². The number of benzene rings is 1. The number of rotatable bonds is 5. The number of carbonyl (C=O) groups is 2. The first-order chi connectivity index (χ1) is 16.2. The summed E-state index contributed by atoms with van der Waals surface area (Å²) < 4.78 is 12.2. The molecular weight excluding hydrogens is 436 g/mol. The number of aromatic nitrogens is 2. The number of carbonyl (C=O) groups excluding carboxylic acids is 2. The van der Waals surface area contributed by atoms with Crippen LogP contribution in [0.1, 0.15) is 55.9 Å². The van der Waals surface area contributed by atoms with Gasteiger partial charge in [-0.05, 0) is 24.5 Å². The number of nitrogens with zero attached hydrogens (tertiary/aromatic N) is 2. The highest BCUT2D eigenvalue weighted by Crippen LogP contribution is 2.38. The molecule has 0 spiro atoms. The molecule has 0 unspecified atom stereocenters. The molecule has 8 heteroatoms. The van der Waals surface area contributed by atoms with Crippen molar-refractivity contribution in [2.75, 3.05) is 0 Å². The predicted molar refractivity (Wildman–Crippen MR) is 124 cm³/mol. The van der Waals surface area contributed by atoms with Crippen molar-refractivity contribution in [3.63, 3.8) is 0 Å². The van der Waals surface area contributed by atoms with Crippen LogP contribution < -0.4 is 5.56 Å². The molecule has 1 atom stereocenters. The van der Waals surface area contributed by atoms with Crippen LogP contribution in [0.5, 0.6) is 0 Å². The number of esters is 2. The molecule has 2 aliphatic rings. The van der Waals surface area contributed by atoms with Crippen molar-refractivity contribution in [1.29, 1.82) is 0 Å². The molecule has 0 aliphatic carbocycles. The topological polar surface area (TPSA) is 108 Å². The highest BCUT2D eigenvalue weighted by Gasteiger charge is 2.45. The lowest BCUT2D eigenvalue weighted by Crippen LogP contribution is -2.44. The normalized spacial score (nSPS) is 18.4. The molecule has 3 aromatic rings. The Bertz CT molecular complexity index is 1410. The number of cyclic esters (lactones) is 1. The summed E-state index contributed by atoms with van der Waals surface area (Å²) >= 11 is 0. The standard InChI is InChI=1S/C26H26N2O6/c1-4-26(32)19-10-20-23-17(11-28(20)24(30)18(19)13-34-25(26)31)9-15-6-5-7-16(22(15)27-23)12-33-21(29)8-14(2)3/h5-7,9-10,14,32H,4,8,11-13H2,1-3H3/t26-/m0/s1. The fourth-order valence-corrected chi connectivity index (χ4v) is 4.74. The zero-order valence-corrected chi connectivity index (χ0v) is 19.4. The number of aliphatic hydroxyl groups is 1. The van der Waals surface area contributed by atoms with Gasteiger partial charge in [-0.2, -0.15) is 0 Å². The summed E-state index contributed by atoms with van der Waals surface area (Å²) in [4.78, 5) is 42.6. The molecule has 0 saturated heterocycles. The van der Waals surface area contributed by atoms with Crippen LogP contribution in [0.2, 0.25) is 0 Å². The van der Waals surface area contributed by atoms with Gasteiger partial charge in [-0.15, -0.1) is 0 Å². The van der Waals surface area contributed by atoms with Gasteiger partial charge in [0.25, 0.3) is 5.56 Å². The maximum Gasteiger partial charge on any atom is 0.343 e. The third-order valence-electron chi connectivity index (χ3n) is 6.59. The molecule has 2 aromatic heterocycles. The van der Waals surface area contributed by atoms with Gasteiger partial charge in [-0.3, -0.25) is 9.59 Å². The van der Waals surface area contributed by atoms with E-state index in [1.807, 2.05) is 38.1 Å². The first-order valence-corrected chi connectivity index (χ1v) is 11.5. The van der Waals surface area contributed by atoms with Crippen LogP contribution in [0.25, 0.3) is 22.3 Å². The summed E-state index contributed by atoms with van der Waals surface area (Å²) in [7, 11) is 0. The first kappa shape index (κ1) is 22.3. The quantitative estimate of drug-likeness (QED) is 0.454. The van der Waals surface area contributed by atoms with E-state index in [0.717, 1.165) is 16.5 Å². The summed E-state index contributed by atoms with van der Waals surface area (Å²) in [6, 6.07) is 9.36. The van der Waals surface area contributed by atoms with Crippen molar-refractivity contribution in [3.8, 4) is 11.4 Å². The van der Waals surface area contributed by atoms with E-state index in [-0.39, 0.29) is 42.6 Å². The van der Waals surface area contributed by atoms with Gasteiger partial charge < -0.3 is 19.1 Å². The van der Waals surface area contributed by atoms with Gasteiger partial charge in [0.05, 0.1) is 29.0 Å². The van der Waals surface area contributed by atoms with Crippen molar-refractivity contribution >= 4 is 22.8 Å². The average molecular weight is 463 g/mol. The van der Waals surface area contributed by atoms with E-state index >= 15 is 0 Å². The Kier molecular flexibility index (Phi) is 5.28. The predicted octanol–water partition coefficient (Wildman–Crippen LogP) is 3.17. The summed E-state index contributed by atoms with van der Waals surface area (Å²) in [5, 5.41) is 11.9. The summed E-state index contributed by atoms with van der Waals surface area (Å²) in [6.45, 7) is 5.88. The molecule has 0 bridgehead atoms. The Morgan fingerprint density at radius 2 is 2.09 bits per heavy atom. The van der Waals surface area contributed by atoms with Gasteiger partial charge in [0.2, 0.25) is 0 Å². The lowest BCUT2D eigenvalue weighted by Gasteiger charge is -2.31. The zero-order valence-electron chi connectivity index (χ0n) is 19.4. The van der Waals surface area contributed by atoms with Gasteiger partial charge in [0.15, 0.2) is 5.60 Å². The summed E-state index contributed by atoms with van der Waals surface area (Å²) in [5.41, 5.74) is 1.91. The Morgan fingerprint density at radius 3 is 2.82 bits per heavy atom. The molecule has 1 N–H and O–H groups in total. The number of fused-ring (bicyclic) bond motifs is 5. The number of pyridine rings is 2. The van der Waals surface area contributed by atoms with Crippen molar-refractivity contribution in [2.45, 2.75) is 59.0 Å². The maximum absolute atomic E-state index is 13.3. The molecule has 8 nitrogen and oxygen atoms in total. The SMILES string of the molecule is CC[C@@]1(O)C(=O)OCc2c1cc1n(c2=O)Cc2cc3cccc(COC(=O)CC(C)C)c3nc2-1. The molecule has 0 radical (unpaired) electrons. The first-order valence-electron chi connectivity index (χ1n) is 11.5. The van der Waals surface area contributed by atoms with Gasteiger partial charge in [-0.25, -0.2) is 9.78 Å². The monoisotopic (exact) mass is 462 g/mol. The van der Waals surface area contributed by atoms with Crippen LogP contribution in [-0.2, 0) is 44.4 Å². The minimum atomic E-state index is -1.86. The largest absolute Gasteiger partial charge is 0.461 e. The molecule has 176 valence electrons. The van der Waals surface area contributed by atoms with E-state index in [0.29, 0.717) is 35.4 Å². The van der Waals surface area contributed by atoms with Crippen LogP contribution in [0.4, 0.5) is 0 Å². The van der Waals surface area contributed by atoms with E-state index in [9.17, 15) is 19.5 Å². The van der Waals surface area contributed by atoms with Gasteiger partial charge >= 0.3 is 11.9 Å². The van der Waals surface area contributed by atoms with Crippen LogP contribution in [0.3, 0.4) is 0 Å². The van der Waals surface area contributed by atoms with E-state index in [4.69, 9.17) is 14.5 Å². The van der Waals surface area contributed by atoms with E-state index < -0.39 is 11.6 Å². The molecule has 34 heavy (non-hydrogen) atoms. The summed E-state index contributed by atoms with van der Waals surface area (Å²) in [5.74, 6) is -0.800. The molecule has 0 fully saturated rings. The van der Waals surface area contributed by atoms with Crippen molar-refractivity contribution < 1.29 is 24.2 Å². The van der Waals surface area contributed by atoms with Crippen LogP contribution >= 0.6 is 0 Å². The van der Waals surface area contributed by atoms with E-state index in [2.05, 4.69) is 0 Å². The number of hydrogen-bond donors (Lipinski definition) is 1. The smallest absolute Gasteiger partial charge is 0.343 e. The minimum Gasteiger partial charge on any atom is -0.461 e. The molecule has 4 heterocycles. The second kappa shape index (κ2) is 8.06. The Labute approximate surface area is 196 Å². The minimum absolute atomic E-state index is 0.0889. The Balaban J connectivity index is 1.61. The Hall–Kier alpha value is -3.52. The zero-order chi connectivity index (χ0) is 24.2. The number of hydrogen-bond acceptors (Lipinski definition) is 7. The van der Waals surface area contributed by atoms with E-state index in [1.54, 1.807) is 17.6 Å². The fourth-order valence-electron chi connectivity index (χ4n) is 4.74. The Morgan fingerprint density at radius 1 is 1.29 bits per heavy atom. The second-order valence-electron chi connectivity index (χ2n) is 9.35. The van der Waals surface area contributed by atoms with Crippen LogP contribution in [0.15, 0.2) is 35.1 Å². The van der Waals surface area contributed by atoms with Crippen molar-refractivity contribution in [2.24, 2.45) is 5.92 Å². The molecular formula is C26H26N2O6. The maximum atomic E-state index is 13.3. The van der Waals surface area contributed by atoms with Crippen molar-refractivity contribution in [1.82, 2.24) is 9.55 Å². The molecule has 5 rings (SSSR count). The van der Waals surface area contributed by atoms with Gasteiger partial charge in [0, 0.05) is 28.5 Å². The molecule has 0 saturated carbocycles. The van der Waals surface area contributed by atoms with E-state index in [1.165, 1.54) is 0 Å². The van der Waals surface area contributed by atoms with Crippen LogP contribution in [-0.4, -0.2) is 26.6 Å². The lowest BCUT2D eigenvalue weighted by atomic mass is 9.86. The lowest BCUT2D eigenvalue weighted by molar-refractivity contribution is -0.172. The highest BCUT2D eigenvalue weighted by atomic mass is 16.6. The molecule has 0 amide bonds. The average Bonchev–Trinajstić information content (AvgIpc) is 3.16.